The molecule has 0 aliphatic carbocycles. The van der Waals surface area contributed by atoms with Crippen LogP contribution in [0.3, 0.4) is 0 Å². The van der Waals surface area contributed by atoms with E-state index in [0.29, 0.717) is 28.5 Å². The molecule has 7 nitrogen and oxygen atoms in total. The first-order chi connectivity index (χ1) is 11.1. The molecule has 0 saturated heterocycles. The van der Waals surface area contributed by atoms with Crippen LogP contribution in [0.5, 0.6) is 17.2 Å². The first-order valence-corrected chi connectivity index (χ1v) is 6.92. The van der Waals surface area contributed by atoms with Gasteiger partial charge in [-0.1, -0.05) is 11.6 Å². The third kappa shape index (κ3) is 3.04. The van der Waals surface area contributed by atoms with Crippen molar-refractivity contribution < 1.29 is 19.1 Å². The average Bonchev–Trinajstić information content (AvgIpc) is 3.00. The molecule has 1 aliphatic heterocycles. The molecule has 0 radical (unpaired) electrons. The fourth-order valence-electron chi connectivity index (χ4n) is 2.08. The predicted molar refractivity (Wildman–Crippen MR) is 84.5 cm³/mol. The molecule has 0 fully saturated rings. The summed E-state index contributed by atoms with van der Waals surface area (Å²) in [5, 5.41) is 11.0. The van der Waals surface area contributed by atoms with Crippen LogP contribution in [0, 0.1) is 10.1 Å². The zero-order valence-electron chi connectivity index (χ0n) is 12.0. The van der Waals surface area contributed by atoms with E-state index in [2.05, 4.69) is 4.99 Å². The van der Waals surface area contributed by atoms with Gasteiger partial charge in [-0.25, -0.2) is 0 Å². The fraction of sp³-hybridized carbons (Fsp3) is 0.133. The summed E-state index contributed by atoms with van der Waals surface area (Å²) in [6, 6.07) is 7.76. The Bertz CT molecular complexity index is 807. The van der Waals surface area contributed by atoms with Gasteiger partial charge in [-0.05, 0) is 18.2 Å². The Morgan fingerprint density at radius 2 is 2.04 bits per heavy atom. The highest BCUT2D eigenvalue weighted by Gasteiger charge is 2.17. The van der Waals surface area contributed by atoms with Crippen molar-refractivity contribution in [3.8, 4) is 17.2 Å². The van der Waals surface area contributed by atoms with E-state index in [1.165, 1.54) is 25.5 Å². The summed E-state index contributed by atoms with van der Waals surface area (Å²) >= 11 is 5.78. The van der Waals surface area contributed by atoms with Crippen molar-refractivity contribution in [2.75, 3.05) is 13.9 Å². The highest BCUT2D eigenvalue weighted by Crippen LogP contribution is 2.37. The Labute approximate surface area is 136 Å². The SMILES string of the molecule is COc1cc2c(cc1C=Nc1ccc(Cl)c([N+](=O)[O-])c1)OCO2. The standard InChI is InChI=1S/C15H11ClN2O5/c1-21-13-6-15-14(22-8-23-15)4-9(13)7-17-10-2-3-11(16)12(5-10)18(19)20/h2-7H,8H2,1H3. The van der Waals surface area contributed by atoms with Crippen LogP contribution in [0.4, 0.5) is 11.4 Å². The van der Waals surface area contributed by atoms with E-state index < -0.39 is 4.92 Å². The number of halogens is 1. The maximum atomic E-state index is 10.9. The number of nitro benzene ring substituents is 1. The molecule has 0 bridgehead atoms. The lowest BCUT2D eigenvalue weighted by molar-refractivity contribution is -0.384. The van der Waals surface area contributed by atoms with Gasteiger partial charge >= 0.3 is 0 Å². The second kappa shape index (κ2) is 6.13. The maximum Gasteiger partial charge on any atom is 0.290 e. The number of methoxy groups -OCH3 is 1. The van der Waals surface area contributed by atoms with E-state index >= 15 is 0 Å². The molecule has 0 N–H and O–H groups in total. The monoisotopic (exact) mass is 334 g/mol. The van der Waals surface area contributed by atoms with E-state index in [4.69, 9.17) is 25.8 Å². The summed E-state index contributed by atoms with van der Waals surface area (Å²) < 4.78 is 15.9. The molecule has 0 spiro atoms. The molecule has 23 heavy (non-hydrogen) atoms. The summed E-state index contributed by atoms with van der Waals surface area (Å²) in [7, 11) is 1.53. The van der Waals surface area contributed by atoms with Crippen molar-refractivity contribution in [2.45, 2.75) is 0 Å². The minimum atomic E-state index is -0.553. The van der Waals surface area contributed by atoms with Gasteiger partial charge in [0.05, 0.1) is 17.7 Å². The topological polar surface area (TPSA) is 83.2 Å². The van der Waals surface area contributed by atoms with Crippen molar-refractivity contribution in [1.29, 1.82) is 0 Å². The molecule has 0 aromatic heterocycles. The zero-order valence-corrected chi connectivity index (χ0v) is 12.7. The molecular formula is C15H11ClN2O5. The molecule has 118 valence electrons. The second-order valence-electron chi connectivity index (χ2n) is 4.60. The van der Waals surface area contributed by atoms with Crippen LogP contribution >= 0.6 is 11.6 Å². The minimum absolute atomic E-state index is 0.0645. The lowest BCUT2D eigenvalue weighted by atomic mass is 10.2. The van der Waals surface area contributed by atoms with E-state index in [-0.39, 0.29) is 17.5 Å². The van der Waals surface area contributed by atoms with Gasteiger partial charge in [0.1, 0.15) is 10.8 Å². The van der Waals surface area contributed by atoms with Crippen molar-refractivity contribution in [3.05, 3.63) is 51.0 Å². The molecular weight excluding hydrogens is 324 g/mol. The number of ether oxygens (including phenoxy) is 3. The molecule has 1 heterocycles. The lowest BCUT2D eigenvalue weighted by Gasteiger charge is -2.06. The van der Waals surface area contributed by atoms with Crippen LogP contribution < -0.4 is 14.2 Å². The smallest absolute Gasteiger partial charge is 0.290 e. The van der Waals surface area contributed by atoms with Crippen molar-refractivity contribution in [3.63, 3.8) is 0 Å². The molecule has 2 aromatic rings. The van der Waals surface area contributed by atoms with Gasteiger partial charge in [-0.15, -0.1) is 0 Å². The highest BCUT2D eigenvalue weighted by molar-refractivity contribution is 6.32. The first-order valence-electron chi connectivity index (χ1n) is 6.54. The second-order valence-corrected chi connectivity index (χ2v) is 5.01. The van der Waals surface area contributed by atoms with Crippen molar-refractivity contribution in [2.24, 2.45) is 4.99 Å². The summed E-state index contributed by atoms with van der Waals surface area (Å²) in [5.41, 5.74) is 0.870. The molecule has 8 heteroatoms. The largest absolute Gasteiger partial charge is 0.496 e. The average molecular weight is 335 g/mol. The third-order valence-electron chi connectivity index (χ3n) is 3.20. The highest BCUT2D eigenvalue weighted by atomic mass is 35.5. The summed E-state index contributed by atoms with van der Waals surface area (Å²) in [5.74, 6) is 1.75. The van der Waals surface area contributed by atoms with E-state index in [0.717, 1.165) is 0 Å². The van der Waals surface area contributed by atoms with Crippen molar-refractivity contribution in [1.82, 2.24) is 0 Å². The number of fused-ring (bicyclic) bond motifs is 1. The molecule has 0 saturated carbocycles. The first kappa shape index (κ1) is 15.1. The van der Waals surface area contributed by atoms with E-state index in [1.54, 1.807) is 18.2 Å². The van der Waals surface area contributed by atoms with Gasteiger partial charge < -0.3 is 14.2 Å². The quantitative estimate of drug-likeness (QED) is 0.483. The molecule has 0 atom stereocenters. The third-order valence-corrected chi connectivity index (χ3v) is 3.52. The number of rotatable bonds is 4. The predicted octanol–water partition coefficient (Wildman–Crippen LogP) is 3.74. The molecule has 0 amide bonds. The number of hydrogen-bond acceptors (Lipinski definition) is 6. The molecule has 1 aliphatic rings. The van der Waals surface area contributed by atoms with Gasteiger partial charge in [-0.2, -0.15) is 0 Å². The van der Waals surface area contributed by atoms with Crippen LogP contribution in [0.2, 0.25) is 5.02 Å². The Hall–Kier alpha value is -2.80. The van der Waals surface area contributed by atoms with Gasteiger partial charge in [0.15, 0.2) is 11.5 Å². The van der Waals surface area contributed by atoms with Crippen LogP contribution in [0.25, 0.3) is 0 Å². The number of aliphatic imine (C=N–C) groups is 1. The Kier molecular flexibility index (Phi) is 4.03. The van der Waals surface area contributed by atoms with Crippen LogP contribution in [-0.4, -0.2) is 25.0 Å². The number of benzene rings is 2. The van der Waals surface area contributed by atoms with E-state index in [9.17, 15) is 10.1 Å². The number of nitrogens with zero attached hydrogens (tertiary/aromatic N) is 2. The van der Waals surface area contributed by atoms with Gasteiger partial charge in [0.25, 0.3) is 5.69 Å². The summed E-state index contributed by atoms with van der Waals surface area (Å²) in [6.45, 7) is 0.155. The Balaban J connectivity index is 1.94. The number of nitro groups is 1. The minimum Gasteiger partial charge on any atom is -0.496 e. The Morgan fingerprint density at radius 1 is 1.30 bits per heavy atom. The van der Waals surface area contributed by atoms with Crippen molar-refractivity contribution >= 4 is 29.2 Å². The van der Waals surface area contributed by atoms with E-state index in [1.807, 2.05) is 0 Å². The van der Waals surface area contributed by atoms with Gasteiger partial charge in [0, 0.05) is 23.9 Å². The Morgan fingerprint density at radius 3 is 2.74 bits per heavy atom. The fourth-order valence-corrected chi connectivity index (χ4v) is 2.27. The number of hydrogen-bond donors (Lipinski definition) is 0. The molecule has 2 aromatic carbocycles. The molecule has 0 unspecified atom stereocenters. The lowest BCUT2D eigenvalue weighted by Crippen LogP contribution is -1.92. The zero-order chi connectivity index (χ0) is 16.4. The van der Waals surface area contributed by atoms with Crippen LogP contribution in [0.1, 0.15) is 5.56 Å². The van der Waals surface area contributed by atoms with Crippen LogP contribution in [-0.2, 0) is 0 Å². The normalized spacial score (nSPS) is 12.6. The maximum absolute atomic E-state index is 10.9. The van der Waals surface area contributed by atoms with Gasteiger partial charge in [0.2, 0.25) is 6.79 Å². The summed E-state index contributed by atoms with van der Waals surface area (Å²) in [4.78, 5) is 14.6. The summed E-state index contributed by atoms with van der Waals surface area (Å²) in [6.07, 6.45) is 1.54. The van der Waals surface area contributed by atoms with Crippen LogP contribution in [0.15, 0.2) is 35.3 Å². The molecule has 3 rings (SSSR count). The van der Waals surface area contributed by atoms with Gasteiger partial charge in [-0.3, -0.25) is 15.1 Å².